The predicted octanol–water partition coefficient (Wildman–Crippen LogP) is 3.27. The molecule has 0 spiro atoms. The van der Waals surface area contributed by atoms with E-state index < -0.39 is 0 Å². The van der Waals surface area contributed by atoms with E-state index in [9.17, 15) is 0 Å². The summed E-state index contributed by atoms with van der Waals surface area (Å²) in [5.41, 5.74) is 1.71. The Hall–Kier alpha value is -1.53. The summed E-state index contributed by atoms with van der Waals surface area (Å²) in [6, 6.07) is 3.81. The molecule has 2 heterocycles. The molecule has 1 N–H and O–H groups in total. The molecular formula is C14H17BrN4O. The monoisotopic (exact) mass is 336 g/mol. The van der Waals surface area contributed by atoms with E-state index in [0.29, 0.717) is 12.4 Å². The van der Waals surface area contributed by atoms with Crippen LogP contribution in [0.3, 0.4) is 0 Å². The minimum Gasteiger partial charge on any atom is -0.378 e. The van der Waals surface area contributed by atoms with E-state index in [1.807, 2.05) is 12.1 Å². The molecule has 20 heavy (non-hydrogen) atoms. The summed E-state index contributed by atoms with van der Waals surface area (Å²) < 4.78 is 6.04. The van der Waals surface area contributed by atoms with Crippen molar-refractivity contribution in [2.24, 2.45) is 0 Å². The van der Waals surface area contributed by atoms with Gasteiger partial charge in [-0.05, 0) is 34.5 Å². The van der Waals surface area contributed by atoms with Crippen molar-refractivity contribution in [2.45, 2.75) is 20.0 Å². The van der Waals surface area contributed by atoms with Gasteiger partial charge in [-0.2, -0.15) is 0 Å². The number of nitrogens with zero attached hydrogens (tertiary/aromatic N) is 3. The number of pyridine rings is 1. The van der Waals surface area contributed by atoms with Crippen molar-refractivity contribution in [1.29, 1.82) is 0 Å². The van der Waals surface area contributed by atoms with Crippen molar-refractivity contribution in [1.82, 2.24) is 15.0 Å². The molecule has 0 radical (unpaired) electrons. The molecule has 0 unspecified atom stereocenters. The van der Waals surface area contributed by atoms with Crippen LogP contribution in [0, 0.1) is 0 Å². The molecule has 0 atom stereocenters. The first-order valence-electron chi connectivity index (χ1n) is 6.45. The highest BCUT2D eigenvalue weighted by molar-refractivity contribution is 9.10. The fourth-order valence-electron chi connectivity index (χ4n) is 1.71. The van der Waals surface area contributed by atoms with Crippen molar-refractivity contribution in [3.8, 4) is 11.4 Å². The minimum absolute atomic E-state index is 0.428. The average molecular weight is 337 g/mol. The molecule has 5 nitrogen and oxygen atoms in total. The molecule has 0 aromatic carbocycles. The Morgan fingerprint density at radius 3 is 2.85 bits per heavy atom. The Kier molecular flexibility index (Phi) is 5.43. The Morgan fingerprint density at radius 2 is 2.20 bits per heavy atom. The fourth-order valence-corrected chi connectivity index (χ4v) is 2.14. The van der Waals surface area contributed by atoms with Crippen molar-refractivity contribution in [3.63, 3.8) is 0 Å². The zero-order valence-corrected chi connectivity index (χ0v) is 13.1. The smallest absolute Gasteiger partial charge is 0.163 e. The lowest BCUT2D eigenvalue weighted by atomic mass is 10.2. The maximum atomic E-state index is 5.20. The van der Waals surface area contributed by atoms with Gasteiger partial charge in [-0.25, -0.2) is 9.97 Å². The van der Waals surface area contributed by atoms with Crippen molar-refractivity contribution in [3.05, 3.63) is 34.7 Å². The van der Waals surface area contributed by atoms with Crippen LogP contribution in [0.15, 0.2) is 29.0 Å². The summed E-state index contributed by atoms with van der Waals surface area (Å²) in [7, 11) is 1.65. The van der Waals surface area contributed by atoms with Gasteiger partial charge in [-0.15, -0.1) is 0 Å². The van der Waals surface area contributed by atoms with Crippen LogP contribution in [-0.4, -0.2) is 28.6 Å². The Balaban J connectivity index is 2.44. The lowest BCUT2D eigenvalue weighted by molar-refractivity contribution is 0.181. The summed E-state index contributed by atoms with van der Waals surface area (Å²) in [6.45, 7) is 3.39. The van der Waals surface area contributed by atoms with Gasteiger partial charge < -0.3 is 10.1 Å². The number of halogens is 1. The topological polar surface area (TPSA) is 59.9 Å². The summed E-state index contributed by atoms with van der Waals surface area (Å²) in [5.74, 6) is 1.43. The van der Waals surface area contributed by atoms with Crippen molar-refractivity contribution >= 4 is 21.7 Å². The molecule has 0 aliphatic carbocycles. The Bertz CT molecular complexity index is 563. The molecule has 2 aromatic heterocycles. The molecule has 0 saturated carbocycles. The van der Waals surface area contributed by atoms with Crippen LogP contribution in [0.1, 0.15) is 19.0 Å². The van der Waals surface area contributed by atoms with Gasteiger partial charge in [0.1, 0.15) is 5.82 Å². The van der Waals surface area contributed by atoms with Gasteiger partial charge in [0, 0.05) is 31.6 Å². The van der Waals surface area contributed by atoms with E-state index in [0.717, 1.165) is 34.5 Å². The molecule has 0 saturated heterocycles. The molecule has 0 bridgehead atoms. The lowest BCUT2D eigenvalue weighted by Gasteiger charge is -2.12. The van der Waals surface area contributed by atoms with Crippen LogP contribution in [0.4, 0.5) is 5.82 Å². The Labute approximate surface area is 127 Å². The third-order valence-corrected chi connectivity index (χ3v) is 3.50. The highest BCUT2D eigenvalue weighted by atomic mass is 79.9. The summed E-state index contributed by atoms with van der Waals surface area (Å²) in [4.78, 5) is 13.2. The molecule has 2 aromatic rings. The van der Waals surface area contributed by atoms with Gasteiger partial charge in [0.05, 0.1) is 16.8 Å². The summed E-state index contributed by atoms with van der Waals surface area (Å²) >= 11 is 3.54. The van der Waals surface area contributed by atoms with Gasteiger partial charge in [0.15, 0.2) is 5.82 Å². The maximum Gasteiger partial charge on any atom is 0.163 e. The second-order valence-electron chi connectivity index (χ2n) is 4.26. The molecule has 0 aliphatic rings. The minimum atomic E-state index is 0.428. The third-order valence-electron chi connectivity index (χ3n) is 2.66. The van der Waals surface area contributed by atoms with Crippen LogP contribution in [0.2, 0.25) is 0 Å². The second kappa shape index (κ2) is 7.31. The standard InChI is InChI=1S/C14H17BrN4O/c1-3-6-17-14-12(15)11(9-20-2)18-13(19-14)10-5-4-7-16-8-10/h4-5,7-8H,3,6,9H2,1-2H3,(H,17,18,19). The number of hydrogen-bond acceptors (Lipinski definition) is 5. The zero-order valence-electron chi connectivity index (χ0n) is 11.6. The van der Waals surface area contributed by atoms with Crippen molar-refractivity contribution < 1.29 is 4.74 Å². The van der Waals surface area contributed by atoms with Gasteiger partial charge in [0.25, 0.3) is 0 Å². The van der Waals surface area contributed by atoms with E-state index in [4.69, 9.17) is 4.74 Å². The van der Waals surface area contributed by atoms with Gasteiger partial charge in [0.2, 0.25) is 0 Å². The van der Waals surface area contributed by atoms with Gasteiger partial charge >= 0.3 is 0 Å². The molecule has 106 valence electrons. The number of hydrogen-bond donors (Lipinski definition) is 1. The predicted molar refractivity (Wildman–Crippen MR) is 82.5 cm³/mol. The van der Waals surface area contributed by atoms with Gasteiger partial charge in [-0.3, -0.25) is 4.98 Å². The number of rotatable bonds is 6. The quantitative estimate of drug-likeness (QED) is 0.877. The number of aromatic nitrogens is 3. The third kappa shape index (κ3) is 3.52. The van der Waals surface area contributed by atoms with E-state index in [1.54, 1.807) is 19.5 Å². The maximum absolute atomic E-state index is 5.20. The van der Waals surface area contributed by atoms with Crippen LogP contribution in [0.5, 0.6) is 0 Å². The summed E-state index contributed by atoms with van der Waals surface area (Å²) in [6.07, 6.45) is 4.51. The second-order valence-corrected chi connectivity index (χ2v) is 5.05. The number of anilines is 1. The molecule has 0 fully saturated rings. The van der Waals surface area contributed by atoms with Crippen molar-refractivity contribution in [2.75, 3.05) is 19.0 Å². The molecule has 6 heteroatoms. The molecular weight excluding hydrogens is 320 g/mol. The molecule has 0 amide bonds. The fraction of sp³-hybridized carbons (Fsp3) is 0.357. The largest absolute Gasteiger partial charge is 0.378 e. The average Bonchev–Trinajstić information content (AvgIpc) is 2.49. The highest BCUT2D eigenvalue weighted by Crippen LogP contribution is 2.27. The first kappa shape index (κ1) is 14.9. The van der Waals surface area contributed by atoms with E-state index in [-0.39, 0.29) is 0 Å². The number of nitrogens with one attached hydrogen (secondary N) is 1. The van der Waals surface area contributed by atoms with Crippen LogP contribution in [0.25, 0.3) is 11.4 Å². The highest BCUT2D eigenvalue weighted by Gasteiger charge is 2.13. The lowest BCUT2D eigenvalue weighted by Crippen LogP contribution is -2.08. The van der Waals surface area contributed by atoms with Gasteiger partial charge in [-0.1, -0.05) is 6.92 Å². The van der Waals surface area contributed by atoms with Crippen LogP contribution >= 0.6 is 15.9 Å². The zero-order chi connectivity index (χ0) is 14.4. The number of ether oxygens (including phenoxy) is 1. The first-order valence-corrected chi connectivity index (χ1v) is 7.25. The van der Waals surface area contributed by atoms with Crippen LogP contribution in [-0.2, 0) is 11.3 Å². The summed E-state index contributed by atoms with van der Waals surface area (Å²) in [5, 5.41) is 3.30. The van der Waals surface area contributed by atoms with E-state index in [2.05, 4.69) is 43.1 Å². The van der Waals surface area contributed by atoms with E-state index >= 15 is 0 Å². The SMILES string of the molecule is CCCNc1nc(-c2cccnc2)nc(COC)c1Br. The Morgan fingerprint density at radius 1 is 1.35 bits per heavy atom. The first-order chi connectivity index (χ1) is 9.76. The number of methoxy groups -OCH3 is 1. The normalized spacial score (nSPS) is 10.6. The van der Waals surface area contributed by atoms with Crippen LogP contribution < -0.4 is 5.32 Å². The van der Waals surface area contributed by atoms with E-state index in [1.165, 1.54) is 0 Å². The molecule has 0 aliphatic heterocycles. The molecule has 2 rings (SSSR count).